The fourth-order valence-corrected chi connectivity index (χ4v) is 1.44. The Morgan fingerprint density at radius 3 is 2.75 bits per heavy atom. The number of para-hydroxylation sites is 1. The highest BCUT2D eigenvalue weighted by Crippen LogP contribution is 2.18. The summed E-state index contributed by atoms with van der Waals surface area (Å²) in [5, 5.41) is 0. The van der Waals surface area contributed by atoms with Crippen molar-refractivity contribution in [1.82, 2.24) is 0 Å². The van der Waals surface area contributed by atoms with Crippen molar-refractivity contribution in [2.24, 2.45) is 0 Å². The van der Waals surface area contributed by atoms with Crippen LogP contribution in [0.2, 0.25) is 0 Å². The standard InChI is InChI=1S/C8H10O3S/c1-11-8-5-3-2-4-7(8)6-12(9)10/h2-5H,6H2,1H3,(H,9,10)/p-1. The van der Waals surface area contributed by atoms with E-state index in [4.69, 9.17) is 4.74 Å². The molecule has 1 unspecified atom stereocenters. The van der Waals surface area contributed by atoms with Crippen LogP contribution in [0.25, 0.3) is 0 Å². The molecule has 0 fully saturated rings. The Hall–Kier alpha value is -0.870. The first-order chi connectivity index (χ1) is 5.74. The summed E-state index contributed by atoms with van der Waals surface area (Å²) in [6, 6.07) is 7.05. The molecule has 0 aromatic heterocycles. The van der Waals surface area contributed by atoms with E-state index in [1.54, 1.807) is 24.3 Å². The van der Waals surface area contributed by atoms with Gasteiger partial charge in [0.2, 0.25) is 0 Å². The van der Waals surface area contributed by atoms with Crippen LogP contribution in [0.15, 0.2) is 24.3 Å². The van der Waals surface area contributed by atoms with Crippen molar-refractivity contribution < 1.29 is 13.5 Å². The summed E-state index contributed by atoms with van der Waals surface area (Å²) in [6.07, 6.45) is 0. The van der Waals surface area contributed by atoms with E-state index < -0.39 is 11.1 Å². The van der Waals surface area contributed by atoms with Gasteiger partial charge in [0.1, 0.15) is 5.75 Å². The molecule has 0 heterocycles. The second-order valence-corrected chi connectivity index (χ2v) is 3.16. The second-order valence-electron chi connectivity index (χ2n) is 2.26. The highest BCUT2D eigenvalue weighted by molar-refractivity contribution is 7.78. The molecular formula is C8H9O3S-. The largest absolute Gasteiger partial charge is 0.772 e. The molecule has 0 N–H and O–H groups in total. The zero-order chi connectivity index (χ0) is 8.97. The molecule has 0 radical (unpaired) electrons. The summed E-state index contributed by atoms with van der Waals surface area (Å²) in [5.41, 5.74) is 0.688. The van der Waals surface area contributed by atoms with Gasteiger partial charge in [-0.15, -0.1) is 0 Å². The fourth-order valence-electron chi connectivity index (χ4n) is 0.949. The lowest BCUT2D eigenvalue weighted by atomic mass is 10.2. The highest BCUT2D eigenvalue weighted by atomic mass is 32.2. The average molecular weight is 185 g/mol. The lowest BCUT2D eigenvalue weighted by Gasteiger charge is -2.09. The summed E-state index contributed by atoms with van der Waals surface area (Å²) in [4.78, 5) is 0. The minimum Gasteiger partial charge on any atom is -0.772 e. The lowest BCUT2D eigenvalue weighted by Crippen LogP contribution is -1.96. The van der Waals surface area contributed by atoms with Gasteiger partial charge < -0.3 is 9.29 Å². The minimum atomic E-state index is -2.06. The smallest absolute Gasteiger partial charge is 0.122 e. The quantitative estimate of drug-likeness (QED) is 0.662. The van der Waals surface area contributed by atoms with Gasteiger partial charge >= 0.3 is 0 Å². The summed E-state index contributed by atoms with van der Waals surface area (Å²) >= 11 is -2.06. The monoisotopic (exact) mass is 185 g/mol. The van der Waals surface area contributed by atoms with E-state index in [1.165, 1.54) is 7.11 Å². The van der Waals surface area contributed by atoms with Crippen molar-refractivity contribution in [3.05, 3.63) is 29.8 Å². The van der Waals surface area contributed by atoms with Gasteiger partial charge in [0, 0.05) is 11.3 Å². The van der Waals surface area contributed by atoms with Gasteiger partial charge in [-0.25, -0.2) is 0 Å². The molecule has 0 bridgehead atoms. The maximum atomic E-state index is 10.4. The van der Waals surface area contributed by atoms with E-state index in [0.717, 1.165) is 0 Å². The molecule has 1 aromatic carbocycles. The van der Waals surface area contributed by atoms with E-state index >= 15 is 0 Å². The third-order valence-electron chi connectivity index (χ3n) is 1.47. The van der Waals surface area contributed by atoms with Gasteiger partial charge in [-0.2, -0.15) is 0 Å². The maximum Gasteiger partial charge on any atom is 0.122 e. The molecule has 0 aliphatic rings. The first-order valence-corrected chi connectivity index (χ1v) is 4.66. The molecule has 4 heteroatoms. The Bertz CT molecular complexity index is 285. The summed E-state index contributed by atoms with van der Waals surface area (Å²) in [6.45, 7) is 0. The number of hydrogen-bond acceptors (Lipinski definition) is 3. The van der Waals surface area contributed by atoms with Crippen molar-refractivity contribution in [2.75, 3.05) is 7.11 Å². The number of rotatable bonds is 3. The van der Waals surface area contributed by atoms with Crippen molar-refractivity contribution >= 4 is 11.1 Å². The normalized spacial score (nSPS) is 12.5. The minimum absolute atomic E-state index is 0.00398. The molecule has 1 rings (SSSR count). The number of benzene rings is 1. The van der Waals surface area contributed by atoms with E-state index in [0.29, 0.717) is 11.3 Å². The molecule has 0 aliphatic carbocycles. The molecule has 12 heavy (non-hydrogen) atoms. The van der Waals surface area contributed by atoms with Crippen molar-refractivity contribution in [2.45, 2.75) is 5.75 Å². The molecular weight excluding hydrogens is 176 g/mol. The third kappa shape index (κ3) is 2.32. The maximum absolute atomic E-state index is 10.4. The molecule has 0 amide bonds. The van der Waals surface area contributed by atoms with E-state index in [2.05, 4.69) is 0 Å². The molecule has 3 nitrogen and oxygen atoms in total. The van der Waals surface area contributed by atoms with Crippen molar-refractivity contribution in [3.63, 3.8) is 0 Å². The van der Waals surface area contributed by atoms with E-state index in [1.807, 2.05) is 0 Å². The lowest BCUT2D eigenvalue weighted by molar-refractivity contribution is 0.410. The van der Waals surface area contributed by atoms with E-state index in [-0.39, 0.29) is 5.75 Å². The number of methoxy groups -OCH3 is 1. The number of ether oxygens (including phenoxy) is 1. The topological polar surface area (TPSA) is 49.4 Å². The molecule has 66 valence electrons. The predicted octanol–water partition coefficient (Wildman–Crippen LogP) is 1.07. The zero-order valence-electron chi connectivity index (χ0n) is 6.65. The van der Waals surface area contributed by atoms with Gasteiger partial charge in [0.05, 0.1) is 7.11 Å². The van der Waals surface area contributed by atoms with Crippen LogP contribution in [0.4, 0.5) is 0 Å². The molecule has 0 saturated carbocycles. The van der Waals surface area contributed by atoms with Crippen LogP contribution < -0.4 is 4.74 Å². The van der Waals surface area contributed by atoms with Crippen LogP contribution in [-0.2, 0) is 16.8 Å². The Balaban J connectivity index is 2.89. The Kier molecular flexibility index (Phi) is 3.25. The van der Waals surface area contributed by atoms with Gasteiger partial charge in [0.25, 0.3) is 0 Å². The van der Waals surface area contributed by atoms with E-state index in [9.17, 15) is 8.76 Å². The Labute approximate surface area is 73.7 Å². The van der Waals surface area contributed by atoms with Crippen LogP contribution >= 0.6 is 0 Å². The van der Waals surface area contributed by atoms with Crippen LogP contribution in [0, 0.1) is 0 Å². The van der Waals surface area contributed by atoms with Gasteiger partial charge in [-0.3, -0.25) is 4.21 Å². The van der Waals surface area contributed by atoms with Gasteiger partial charge in [-0.1, -0.05) is 29.3 Å². The first-order valence-electron chi connectivity index (χ1n) is 3.42. The second kappa shape index (κ2) is 4.23. The molecule has 0 aliphatic heterocycles. The van der Waals surface area contributed by atoms with Gasteiger partial charge in [0.15, 0.2) is 0 Å². The zero-order valence-corrected chi connectivity index (χ0v) is 7.47. The first kappa shape index (κ1) is 9.22. The SMILES string of the molecule is COc1ccccc1CS(=O)[O-]. The Morgan fingerprint density at radius 1 is 1.50 bits per heavy atom. The van der Waals surface area contributed by atoms with Gasteiger partial charge in [-0.05, 0) is 6.07 Å². The summed E-state index contributed by atoms with van der Waals surface area (Å²) in [7, 11) is 1.52. The summed E-state index contributed by atoms with van der Waals surface area (Å²) in [5.74, 6) is 0.617. The van der Waals surface area contributed by atoms with Crippen molar-refractivity contribution in [1.29, 1.82) is 0 Å². The molecule has 1 aromatic rings. The molecule has 0 saturated heterocycles. The average Bonchev–Trinajstić information content (AvgIpc) is 2.04. The van der Waals surface area contributed by atoms with Crippen LogP contribution in [0.1, 0.15) is 5.56 Å². The molecule has 1 atom stereocenters. The van der Waals surface area contributed by atoms with Crippen molar-refractivity contribution in [3.8, 4) is 5.75 Å². The van der Waals surface area contributed by atoms with Crippen LogP contribution in [0.3, 0.4) is 0 Å². The van der Waals surface area contributed by atoms with Crippen LogP contribution in [0.5, 0.6) is 5.75 Å². The highest BCUT2D eigenvalue weighted by Gasteiger charge is 1.99. The fraction of sp³-hybridized carbons (Fsp3) is 0.250. The third-order valence-corrected chi connectivity index (χ3v) is 2.01. The predicted molar refractivity (Wildman–Crippen MR) is 45.6 cm³/mol. The molecule has 0 spiro atoms. The Morgan fingerprint density at radius 2 is 2.17 bits per heavy atom. The number of hydrogen-bond donors (Lipinski definition) is 0. The summed E-state index contributed by atoms with van der Waals surface area (Å²) < 4.78 is 25.7. The van der Waals surface area contributed by atoms with Crippen LogP contribution in [-0.4, -0.2) is 15.9 Å².